The number of thioether (sulfide) groups is 2. The highest BCUT2D eigenvalue weighted by Gasteiger charge is 2.29. The minimum absolute atomic E-state index is 0.329. The summed E-state index contributed by atoms with van der Waals surface area (Å²) in [5, 5.41) is 9.66. The standard InChI is InChI=1S/C8H14OS2/c1-8(2,9)6-4-7(10-3)11-5-6/h4,6,9H,5H2,1-3H3. The van der Waals surface area contributed by atoms with Crippen LogP contribution in [0.5, 0.6) is 0 Å². The third-order valence-electron chi connectivity index (χ3n) is 1.85. The van der Waals surface area contributed by atoms with E-state index >= 15 is 0 Å². The molecule has 0 fully saturated rings. The fourth-order valence-electron chi connectivity index (χ4n) is 0.967. The molecule has 0 saturated heterocycles. The highest BCUT2D eigenvalue weighted by molar-refractivity contribution is 8.22. The van der Waals surface area contributed by atoms with E-state index in [0.29, 0.717) is 5.92 Å². The van der Waals surface area contributed by atoms with Crippen LogP contribution in [0.4, 0.5) is 0 Å². The van der Waals surface area contributed by atoms with E-state index in [9.17, 15) is 5.11 Å². The van der Waals surface area contributed by atoms with Crippen molar-refractivity contribution in [3.05, 3.63) is 10.3 Å². The molecule has 1 rings (SSSR count). The van der Waals surface area contributed by atoms with Gasteiger partial charge >= 0.3 is 0 Å². The highest BCUT2D eigenvalue weighted by atomic mass is 32.2. The quantitative estimate of drug-likeness (QED) is 0.721. The van der Waals surface area contributed by atoms with Crippen molar-refractivity contribution in [2.45, 2.75) is 19.4 Å². The molecule has 0 aliphatic carbocycles. The van der Waals surface area contributed by atoms with Crippen LogP contribution in [0.3, 0.4) is 0 Å². The first-order chi connectivity index (χ1) is 5.04. The van der Waals surface area contributed by atoms with Crippen LogP contribution in [0.1, 0.15) is 13.8 Å². The first-order valence-corrected chi connectivity index (χ1v) is 5.86. The Morgan fingerprint density at radius 3 is 2.64 bits per heavy atom. The largest absolute Gasteiger partial charge is 0.390 e. The van der Waals surface area contributed by atoms with Crippen molar-refractivity contribution < 1.29 is 5.11 Å². The highest BCUT2D eigenvalue weighted by Crippen LogP contribution is 2.39. The van der Waals surface area contributed by atoms with Gasteiger partial charge in [0.25, 0.3) is 0 Å². The molecule has 3 heteroatoms. The number of aliphatic hydroxyl groups is 1. The average Bonchev–Trinajstić information content (AvgIpc) is 2.32. The molecule has 11 heavy (non-hydrogen) atoms. The second-order valence-electron chi connectivity index (χ2n) is 3.26. The van der Waals surface area contributed by atoms with Gasteiger partial charge < -0.3 is 5.11 Å². The van der Waals surface area contributed by atoms with Gasteiger partial charge in [-0.1, -0.05) is 6.08 Å². The molecule has 64 valence electrons. The molecule has 0 aromatic rings. The van der Waals surface area contributed by atoms with Gasteiger partial charge in [-0.2, -0.15) is 0 Å². The first kappa shape index (κ1) is 9.49. The summed E-state index contributed by atoms with van der Waals surface area (Å²) in [4.78, 5) is 0. The van der Waals surface area contributed by atoms with Gasteiger partial charge in [0.1, 0.15) is 0 Å². The summed E-state index contributed by atoms with van der Waals surface area (Å²) in [6.07, 6.45) is 4.25. The molecule has 1 atom stereocenters. The normalized spacial score (nSPS) is 25.5. The zero-order chi connectivity index (χ0) is 8.48. The van der Waals surface area contributed by atoms with Crippen molar-refractivity contribution in [1.82, 2.24) is 0 Å². The zero-order valence-electron chi connectivity index (χ0n) is 7.13. The van der Waals surface area contributed by atoms with E-state index < -0.39 is 5.60 Å². The summed E-state index contributed by atoms with van der Waals surface area (Å²) in [6.45, 7) is 3.75. The molecule has 0 saturated carbocycles. The number of hydrogen-bond acceptors (Lipinski definition) is 3. The third-order valence-corrected chi connectivity index (χ3v) is 4.19. The molecular formula is C8H14OS2. The van der Waals surface area contributed by atoms with Gasteiger partial charge in [-0.3, -0.25) is 0 Å². The second-order valence-corrected chi connectivity index (χ2v) is 5.43. The summed E-state index contributed by atoms with van der Waals surface area (Å²) >= 11 is 3.61. The Morgan fingerprint density at radius 1 is 1.73 bits per heavy atom. The van der Waals surface area contributed by atoms with E-state index in [1.807, 2.05) is 25.6 Å². The number of hydrogen-bond donors (Lipinski definition) is 1. The van der Waals surface area contributed by atoms with Gasteiger partial charge in [0.05, 0.1) is 5.60 Å². The molecule has 0 bridgehead atoms. The van der Waals surface area contributed by atoms with Crippen molar-refractivity contribution in [3.63, 3.8) is 0 Å². The van der Waals surface area contributed by atoms with E-state index in [4.69, 9.17) is 0 Å². The summed E-state index contributed by atoms with van der Waals surface area (Å²) < 4.78 is 1.34. The fourth-order valence-corrected chi connectivity index (χ4v) is 3.05. The molecule has 1 aliphatic rings. The second kappa shape index (κ2) is 3.42. The van der Waals surface area contributed by atoms with E-state index in [1.165, 1.54) is 4.24 Å². The summed E-state index contributed by atoms with van der Waals surface area (Å²) in [5.41, 5.74) is -0.551. The molecule has 1 unspecified atom stereocenters. The maximum atomic E-state index is 9.66. The Balaban J connectivity index is 2.59. The molecule has 1 nitrogen and oxygen atoms in total. The van der Waals surface area contributed by atoms with Gasteiger partial charge in [-0.15, -0.1) is 23.5 Å². The van der Waals surface area contributed by atoms with Gasteiger partial charge in [0.2, 0.25) is 0 Å². The fraction of sp³-hybridized carbons (Fsp3) is 0.750. The van der Waals surface area contributed by atoms with Crippen molar-refractivity contribution >= 4 is 23.5 Å². The van der Waals surface area contributed by atoms with Crippen molar-refractivity contribution in [1.29, 1.82) is 0 Å². The Bertz CT molecular complexity index is 169. The van der Waals surface area contributed by atoms with Gasteiger partial charge in [0.15, 0.2) is 0 Å². The molecule has 1 N–H and O–H groups in total. The smallest absolute Gasteiger partial charge is 0.0662 e. The molecule has 0 aromatic heterocycles. The van der Waals surface area contributed by atoms with Crippen molar-refractivity contribution in [2.75, 3.05) is 12.0 Å². The van der Waals surface area contributed by atoms with Crippen molar-refractivity contribution in [2.24, 2.45) is 5.92 Å². The Hall–Kier alpha value is 0.400. The topological polar surface area (TPSA) is 20.2 Å². The summed E-state index contributed by atoms with van der Waals surface area (Å²) in [6, 6.07) is 0. The van der Waals surface area contributed by atoms with Crippen LogP contribution >= 0.6 is 23.5 Å². The van der Waals surface area contributed by atoms with E-state index in [-0.39, 0.29) is 0 Å². The van der Waals surface area contributed by atoms with E-state index in [0.717, 1.165) is 5.75 Å². The Morgan fingerprint density at radius 2 is 2.36 bits per heavy atom. The molecular weight excluding hydrogens is 176 g/mol. The van der Waals surface area contributed by atoms with Gasteiger partial charge in [-0.25, -0.2) is 0 Å². The Kier molecular flexibility index (Phi) is 2.95. The third kappa shape index (κ3) is 2.42. The lowest BCUT2D eigenvalue weighted by atomic mass is 9.93. The van der Waals surface area contributed by atoms with Crippen LogP contribution < -0.4 is 0 Å². The molecule has 1 heterocycles. The van der Waals surface area contributed by atoms with E-state index in [1.54, 1.807) is 11.8 Å². The Labute approximate surface area is 76.6 Å². The molecule has 0 radical (unpaired) electrons. The molecule has 1 aliphatic heterocycles. The molecule has 0 amide bonds. The summed E-state index contributed by atoms with van der Waals surface area (Å²) in [5.74, 6) is 1.36. The molecule has 0 spiro atoms. The van der Waals surface area contributed by atoms with Crippen molar-refractivity contribution in [3.8, 4) is 0 Å². The lowest BCUT2D eigenvalue weighted by Gasteiger charge is -2.22. The van der Waals surface area contributed by atoms with Gasteiger partial charge in [-0.05, 0) is 20.1 Å². The average molecular weight is 190 g/mol. The number of rotatable bonds is 2. The maximum Gasteiger partial charge on any atom is 0.0662 e. The lowest BCUT2D eigenvalue weighted by molar-refractivity contribution is 0.0466. The first-order valence-electron chi connectivity index (χ1n) is 3.65. The van der Waals surface area contributed by atoms with Crippen LogP contribution in [-0.2, 0) is 0 Å². The van der Waals surface area contributed by atoms with Crippen LogP contribution in [-0.4, -0.2) is 22.7 Å². The van der Waals surface area contributed by atoms with Crippen LogP contribution in [0, 0.1) is 5.92 Å². The monoisotopic (exact) mass is 190 g/mol. The molecule has 0 aromatic carbocycles. The van der Waals surface area contributed by atoms with Crippen LogP contribution in [0.2, 0.25) is 0 Å². The van der Waals surface area contributed by atoms with Gasteiger partial charge in [0, 0.05) is 15.9 Å². The summed E-state index contributed by atoms with van der Waals surface area (Å²) in [7, 11) is 0. The van der Waals surface area contributed by atoms with Crippen LogP contribution in [0.25, 0.3) is 0 Å². The SMILES string of the molecule is CSC1=CC(C(C)(C)O)CS1. The maximum absolute atomic E-state index is 9.66. The minimum Gasteiger partial charge on any atom is -0.390 e. The lowest BCUT2D eigenvalue weighted by Crippen LogP contribution is -2.29. The minimum atomic E-state index is -0.551. The van der Waals surface area contributed by atoms with E-state index in [2.05, 4.69) is 12.3 Å². The predicted molar refractivity (Wildman–Crippen MR) is 53.8 cm³/mol. The van der Waals surface area contributed by atoms with Crippen LogP contribution in [0.15, 0.2) is 10.3 Å². The zero-order valence-corrected chi connectivity index (χ0v) is 8.76. The predicted octanol–water partition coefficient (Wildman–Crippen LogP) is 2.32.